The molecule has 0 bridgehead atoms. The summed E-state index contributed by atoms with van der Waals surface area (Å²) in [5, 5.41) is 11.2. The van der Waals surface area contributed by atoms with E-state index in [4.69, 9.17) is 9.47 Å². The summed E-state index contributed by atoms with van der Waals surface area (Å²) in [4.78, 5) is 27.4. The molecule has 0 amide bonds. The number of nitrogens with zero attached hydrogens (tertiary/aromatic N) is 2. The summed E-state index contributed by atoms with van der Waals surface area (Å²) in [5.41, 5.74) is 3.76. The highest BCUT2D eigenvalue weighted by Crippen LogP contribution is 2.27. The Hall–Kier alpha value is -4.26. The molecule has 4 rings (SSSR count). The molecule has 3 aromatic carbocycles. The third kappa shape index (κ3) is 4.57. The number of hydrogen-bond acceptors (Lipinski definition) is 6. The molecule has 1 aliphatic heterocycles. The van der Waals surface area contributed by atoms with Gasteiger partial charge in [0.2, 0.25) is 5.90 Å². The summed E-state index contributed by atoms with van der Waals surface area (Å²) >= 11 is 0. The van der Waals surface area contributed by atoms with Crippen LogP contribution in [0.4, 0.5) is 5.69 Å². The van der Waals surface area contributed by atoms with E-state index in [-0.39, 0.29) is 17.3 Å². The molecule has 0 aromatic heterocycles. The zero-order valence-electron chi connectivity index (χ0n) is 17.6. The highest BCUT2D eigenvalue weighted by molar-refractivity contribution is 6.13. The molecule has 0 spiro atoms. The molecule has 0 fully saturated rings. The number of nitro benzene ring substituents is 1. The summed E-state index contributed by atoms with van der Waals surface area (Å²) in [6, 6.07) is 19.9. The molecule has 1 heterocycles. The van der Waals surface area contributed by atoms with E-state index in [1.807, 2.05) is 55.5 Å². The fraction of sp³-hybridized carbons (Fsp3) is 0.120. The predicted molar refractivity (Wildman–Crippen MR) is 120 cm³/mol. The van der Waals surface area contributed by atoms with Crippen LogP contribution in [0.25, 0.3) is 6.08 Å². The fourth-order valence-electron chi connectivity index (χ4n) is 3.31. The van der Waals surface area contributed by atoms with Gasteiger partial charge in [-0.25, -0.2) is 9.79 Å². The summed E-state index contributed by atoms with van der Waals surface area (Å²) in [5.74, 6) is 0.00292. The molecule has 0 unspecified atom stereocenters. The number of nitro groups is 1. The van der Waals surface area contributed by atoms with Crippen molar-refractivity contribution in [2.45, 2.75) is 20.5 Å². The standard InChI is InChI=1S/C25H20N2O5/c1-16-6-5-7-18(12-16)15-31-23-9-4-3-8-19(23)13-21-25(28)32-24(26-21)20-11-10-17(2)22(14-20)27(29)30/h3-14H,15H2,1-2H3/b21-13-. The van der Waals surface area contributed by atoms with E-state index >= 15 is 0 Å². The van der Waals surface area contributed by atoms with Crippen LogP contribution in [-0.2, 0) is 16.1 Å². The van der Waals surface area contributed by atoms with Crippen LogP contribution in [0.2, 0.25) is 0 Å². The number of carbonyl (C=O) groups is 1. The predicted octanol–water partition coefficient (Wildman–Crippen LogP) is 5.14. The Morgan fingerprint density at radius 3 is 2.66 bits per heavy atom. The number of carbonyl (C=O) groups excluding carboxylic acids is 1. The number of hydrogen-bond donors (Lipinski definition) is 0. The van der Waals surface area contributed by atoms with Crippen LogP contribution in [0.15, 0.2) is 77.4 Å². The lowest BCUT2D eigenvalue weighted by molar-refractivity contribution is -0.385. The number of cyclic esters (lactones) is 1. The highest BCUT2D eigenvalue weighted by Gasteiger charge is 2.26. The molecule has 0 saturated heterocycles. The topological polar surface area (TPSA) is 91.0 Å². The van der Waals surface area contributed by atoms with E-state index in [9.17, 15) is 14.9 Å². The van der Waals surface area contributed by atoms with Crippen molar-refractivity contribution in [2.75, 3.05) is 0 Å². The van der Waals surface area contributed by atoms with Gasteiger partial charge in [-0.15, -0.1) is 0 Å². The zero-order chi connectivity index (χ0) is 22.7. The maximum absolute atomic E-state index is 12.4. The number of ether oxygens (including phenoxy) is 2. The molecular formula is C25H20N2O5. The van der Waals surface area contributed by atoms with Crippen molar-refractivity contribution in [3.8, 4) is 5.75 Å². The Labute approximate surface area is 184 Å². The second-order valence-corrected chi connectivity index (χ2v) is 7.41. The quantitative estimate of drug-likeness (QED) is 0.235. The van der Waals surface area contributed by atoms with Gasteiger partial charge in [-0.1, -0.05) is 54.1 Å². The van der Waals surface area contributed by atoms with Gasteiger partial charge in [-0.05, 0) is 37.6 Å². The van der Waals surface area contributed by atoms with Gasteiger partial charge in [0.05, 0.1) is 4.92 Å². The smallest absolute Gasteiger partial charge is 0.363 e. The second kappa shape index (κ2) is 8.85. The van der Waals surface area contributed by atoms with Crippen LogP contribution in [-0.4, -0.2) is 16.8 Å². The minimum atomic E-state index is -0.628. The lowest BCUT2D eigenvalue weighted by Gasteiger charge is -2.09. The van der Waals surface area contributed by atoms with Crippen LogP contribution in [0.1, 0.15) is 27.8 Å². The number of para-hydroxylation sites is 1. The van der Waals surface area contributed by atoms with E-state index in [1.165, 1.54) is 6.07 Å². The number of aryl methyl sites for hydroxylation is 2. The normalized spacial score (nSPS) is 14.2. The Balaban J connectivity index is 1.60. The van der Waals surface area contributed by atoms with Crippen molar-refractivity contribution in [1.82, 2.24) is 0 Å². The Morgan fingerprint density at radius 1 is 1.06 bits per heavy atom. The van der Waals surface area contributed by atoms with Gasteiger partial charge in [0.1, 0.15) is 12.4 Å². The molecule has 0 N–H and O–H groups in total. The van der Waals surface area contributed by atoms with Gasteiger partial charge in [-0.2, -0.15) is 0 Å². The Kier molecular flexibility index (Phi) is 5.81. The van der Waals surface area contributed by atoms with Crippen LogP contribution >= 0.6 is 0 Å². The molecule has 160 valence electrons. The highest BCUT2D eigenvalue weighted by atomic mass is 16.6. The van der Waals surface area contributed by atoms with Gasteiger partial charge in [0.25, 0.3) is 5.69 Å². The third-order valence-electron chi connectivity index (χ3n) is 4.96. The summed E-state index contributed by atoms with van der Waals surface area (Å²) in [6.07, 6.45) is 1.59. The van der Waals surface area contributed by atoms with E-state index in [1.54, 1.807) is 25.1 Å². The minimum absolute atomic E-state index is 0.0301. The zero-order valence-corrected chi connectivity index (χ0v) is 17.6. The minimum Gasteiger partial charge on any atom is -0.488 e. The largest absolute Gasteiger partial charge is 0.488 e. The number of aliphatic imine (C=N–C) groups is 1. The maximum Gasteiger partial charge on any atom is 0.363 e. The lowest BCUT2D eigenvalue weighted by Crippen LogP contribution is -2.06. The maximum atomic E-state index is 12.4. The van der Waals surface area contributed by atoms with E-state index < -0.39 is 10.9 Å². The summed E-state index contributed by atoms with van der Waals surface area (Å²) in [6.45, 7) is 4.04. The molecule has 0 saturated carbocycles. The van der Waals surface area contributed by atoms with Gasteiger partial charge < -0.3 is 9.47 Å². The number of esters is 1. The van der Waals surface area contributed by atoms with Crippen LogP contribution < -0.4 is 4.74 Å². The average Bonchev–Trinajstić information content (AvgIpc) is 3.13. The van der Waals surface area contributed by atoms with E-state index in [2.05, 4.69) is 4.99 Å². The molecule has 0 radical (unpaired) electrons. The van der Waals surface area contributed by atoms with Gasteiger partial charge in [-0.3, -0.25) is 10.1 Å². The van der Waals surface area contributed by atoms with Crippen molar-refractivity contribution in [2.24, 2.45) is 4.99 Å². The van der Waals surface area contributed by atoms with Crippen LogP contribution in [0.3, 0.4) is 0 Å². The second-order valence-electron chi connectivity index (χ2n) is 7.41. The first-order valence-electron chi connectivity index (χ1n) is 9.96. The number of benzene rings is 3. The van der Waals surface area contributed by atoms with E-state index in [0.717, 1.165) is 11.1 Å². The van der Waals surface area contributed by atoms with Crippen LogP contribution in [0, 0.1) is 24.0 Å². The van der Waals surface area contributed by atoms with Gasteiger partial charge in [0.15, 0.2) is 5.70 Å². The molecule has 1 aliphatic rings. The molecule has 3 aromatic rings. The first kappa shape index (κ1) is 21.0. The Morgan fingerprint density at radius 2 is 1.88 bits per heavy atom. The average molecular weight is 428 g/mol. The van der Waals surface area contributed by atoms with Crippen molar-refractivity contribution < 1.29 is 19.2 Å². The SMILES string of the molecule is Cc1cccc(COc2ccccc2/C=C2\N=C(c3ccc(C)c([N+](=O)[O-])c3)OC2=O)c1. The monoisotopic (exact) mass is 428 g/mol. The first-order chi connectivity index (χ1) is 15.4. The number of rotatable bonds is 6. The molecule has 0 atom stereocenters. The van der Waals surface area contributed by atoms with Gasteiger partial charge in [0, 0.05) is 22.8 Å². The molecule has 7 nitrogen and oxygen atoms in total. The van der Waals surface area contributed by atoms with Crippen molar-refractivity contribution in [3.63, 3.8) is 0 Å². The molecule has 7 heteroatoms. The molecular weight excluding hydrogens is 408 g/mol. The lowest BCUT2D eigenvalue weighted by atomic mass is 10.1. The van der Waals surface area contributed by atoms with Crippen molar-refractivity contribution in [3.05, 3.63) is 110 Å². The third-order valence-corrected chi connectivity index (χ3v) is 4.96. The van der Waals surface area contributed by atoms with E-state index in [0.29, 0.717) is 29.0 Å². The Bertz CT molecular complexity index is 1280. The van der Waals surface area contributed by atoms with Gasteiger partial charge >= 0.3 is 5.97 Å². The molecule has 32 heavy (non-hydrogen) atoms. The fourth-order valence-corrected chi connectivity index (χ4v) is 3.31. The molecule has 0 aliphatic carbocycles. The first-order valence-corrected chi connectivity index (χ1v) is 9.96. The van der Waals surface area contributed by atoms with Crippen LogP contribution in [0.5, 0.6) is 5.75 Å². The van der Waals surface area contributed by atoms with Crippen molar-refractivity contribution in [1.29, 1.82) is 0 Å². The summed E-state index contributed by atoms with van der Waals surface area (Å²) < 4.78 is 11.2. The summed E-state index contributed by atoms with van der Waals surface area (Å²) in [7, 11) is 0. The van der Waals surface area contributed by atoms with Crippen molar-refractivity contribution >= 4 is 23.6 Å².